The molecule has 0 bridgehead atoms. The maximum atomic E-state index is 13.8. The van der Waals surface area contributed by atoms with Crippen molar-refractivity contribution in [2.45, 2.75) is 23.8 Å². The van der Waals surface area contributed by atoms with E-state index in [4.69, 9.17) is 16.7 Å². The second-order valence-electron chi connectivity index (χ2n) is 4.16. The highest BCUT2D eigenvalue weighted by atomic mass is 35.5. The van der Waals surface area contributed by atoms with Crippen LogP contribution in [0.4, 0.5) is 4.39 Å². The lowest BCUT2D eigenvalue weighted by molar-refractivity contribution is -0.140. The lowest BCUT2D eigenvalue weighted by atomic mass is 10.2. The zero-order valence-corrected chi connectivity index (χ0v) is 11.3. The average Bonchev–Trinajstić information content (AvgIpc) is 2.82. The number of hydrogen-bond acceptors (Lipinski definition) is 3. The first kappa shape index (κ1) is 14.2. The predicted molar refractivity (Wildman–Crippen MR) is 66.0 cm³/mol. The summed E-state index contributed by atoms with van der Waals surface area (Å²) in [6.07, 6.45) is 0.648. The second kappa shape index (κ2) is 5.07. The highest BCUT2D eigenvalue weighted by Gasteiger charge is 2.40. The van der Waals surface area contributed by atoms with E-state index in [1.807, 2.05) is 0 Å². The molecule has 1 fully saturated rings. The molecule has 1 unspecified atom stereocenters. The van der Waals surface area contributed by atoms with Gasteiger partial charge in [-0.25, -0.2) is 12.8 Å². The fourth-order valence-electron chi connectivity index (χ4n) is 2.08. The van der Waals surface area contributed by atoms with Crippen LogP contribution in [-0.2, 0) is 14.8 Å². The number of nitrogens with zero attached hydrogens (tertiary/aromatic N) is 1. The Morgan fingerprint density at radius 1 is 1.47 bits per heavy atom. The molecule has 19 heavy (non-hydrogen) atoms. The molecule has 1 N–H and O–H groups in total. The van der Waals surface area contributed by atoms with Crippen molar-refractivity contribution in [3.63, 3.8) is 0 Å². The molecule has 1 heterocycles. The fraction of sp³-hybridized carbons (Fsp3) is 0.364. The van der Waals surface area contributed by atoms with Crippen molar-refractivity contribution < 1.29 is 22.7 Å². The molecule has 1 atom stereocenters. The molecule has 1 saturated heterocycles. The lowest BCUT2D eigenvalue weighted by Crippen LogP contribution is -2.40. The molecule has 8 heteroatoms. The Bertz CT molecular complexity index is 619. The highest BCUT2D eigenvalue weighted by molar-refractivity contribution is 7.89. The van der Waals surface area contributed by atoms with E-state index in [-0.39, 0.29) is 18.0 Å². The molecule has 1 aliphatic heterocycles. The Kier molecular flexibility index (Phi) is 3.80. The molecule has 2 rings (SSSR count). The zero-order chi connectivity index (χ0) is 14.2. The van der Waals surface area contributed by atoms with Crippen LogP contribution in [0.5, 0.6) is 0 Å². The van der Waals surface area contributed by atoms with Crippen LogP contribution in [0, 0.1) is 5.82 Å². The Hall–Kier alpha value is -1.18. The summed E-state index contributed by atoms with van der Waals surface area (Å²) in [5, 5.41) is 8.68. The van der Waals surface area contributed by atoms with Crippen LogP contribution >= 0.6 is 11.6 Å². The van der Waals surface area contributed by atoms with Gasteiger partial charge in [0.25, 0.3) is 0 Å². The highest BCUT2D eigenvalue weighted by Crippen LogP contribution is 2.29. The standard InChI is InChI=1S/C11H11ClFNO4S/c12-7-3-1-5-9(10(7)13)19(17,18)14-6-2-4-8(14)11(15)16/h1,3,5,8H,2,4,6H2,(H,15,16). The van der Waals surface area contributed by atoms with Crippen LogP contribution in [0.2, 0.25) is 5.02 Å². The number of hydrogen-bond donors (Lipinski definition) is 1. The Morgan fingerprint density at radius 3 is 2.79 bits per heavy atom. The maximum absolute atomic E-state index is 13.8. The summed E-state index contributed by atoms with van der Waals surface area (Å²) in [5.41, 5.74) is 0. The molecule has 0 radical (unpaired) electrons. The topological polar surface area (TPSA) is 74.7 Å². The Morgan fingerprint density at radius 2 is 2.16 bits per heavy atom. The van der Waals surface area contributed by atoms with Crippen LogP contribution < -0.4 is 0 Å². The molecule has 0 saturated carbocycles. The minimum Gasteiger partial charge on any atom is -0.480 e. The van der Waals surface area contributed by atoms with Gasteiger partial charge in [0.15, 0.2) is 5.82 Å². The van der Waals surface area contributed by atoms with E-state index in [0.717, 1.165) is 10.4 Å². The van der Waals surface area contributed by atoms with Crippen molar-refractivity contribution in [3.05, 3.63) is 29.0 Å². The van der Waals surface area contributed by atoms with E-state index >= 15 is 0 Å². The van der Waals surface area contributed by atoms with Gasteiger partial charge in [-0.3, -0.25) is 4.79 Å². The van der Waals surface area contributed by atoms with Crippen LogP contribution in [0.1, 0.15) is 12.8 Å². The molecular weight excluding hydrogens is 297 g/mol. The van der Waals surface area contributed by atoms with Crippen LogP contribution in [0.3, 0.4) is 0 Å². The Labute approximate surface area is 114 Å². The molecule has 104 valence electrons. The maximum Gasteiger partial charge on any atom is 0.322 e. The van der Waals surface area contributed by atoms with E-state index in [0.29, 0.717) is 6.42 Å². The summed E-state index contributed by atoms with van der Waals surface area (Å²) in [6.45, 7) is 0.0608. The van der Waals surface area contributed by atoms with Crippen molar-refractivity contribution in [1.29, 1.82) is 0 Å². The smallest absolute Gasteiger partial charge is 0.322 e. The normalized spacial score (nSPS) is 20.6. The first-order chi connectivity index (χ1) is 8.85. The van der Waals surface area contributed by atoms with E-state index < -0.39 is 32.7 Å². The number of carboxylic acids is 1. The van der Waals surface area contributed by atoms with Gasteiger partial charge in [0.2, 0.25) is 10.0 Å². The minimum atomic E-state index is -4.19. The van der Waals surface area contributed by atoms with E-state index in [1.165, 1.54) is 12.1 Å². The predicted octanol–water partition coefficient (Wildman–Crippen LogP) is 1.72. The van der Waals surface area contributed by atoms with Crippen molar-refractivity contribution in [2.24, 2.45) is 0 Å². The van der Waals surface area contributed by atoms with Crippen molar-refractivity contribution in [1.82, 2.24) is 4.31 Å². The molecular formula is C11H11ClFNO4S. The third-order valence-corrected chi connectivity index (χ3v) is 5.21. The van der Waals surface area contributed by atoms with E-state index in [2.05, 4.69) is 0 Å². The summed E-state index contributed by atoms with van der Waals surface area (Å²) < 4.78 is 39.2. The van der Waals surface area contributed by atoms with Crippen LogP contribution in [0.15, 0.2) is 23.1 Å². The molecule has 1 aliphatic rings. The molecule has 5 nitrogen and oxygen atoms in total. The molecule has 0 aliphatic carbocycles. The van der Waals surface area contributed by atoms with Gasteiger partial charge < -0.3 is 5.11 Å². The minimum absolute atomic E-state index is 0.0608. The summed E-state index contributed by atoms with van der Waals surface area (Å²) in [5.74, 6) is -2.29. The zero-order valence-electron chi connectivity index (χ0n) is 9.71. The van der Waals surface area contributed by atoms with Gasteiger partial charge in [0.1, 0.15) is 10.9 Å². The second-order valence-corrected chi connectivity index (χ2v) is 6.43. The quantitative estimate of drug-likeness (QED) is 0.922. The van der Waals surface area contributed by atoms with E-state index in [9.17, 15) is 17.6 Å². The number of carboxylic acid groups (broad SMARTS) is 1. The summed E-state index contributed by atoms with van der Waals surface area (Å²) >= 11 is 5.55. The third-order valence-electron chi connectivity index (χ3n) is 2.99. The summed E-state index contributed by atoms with van der Waals surface area (Å²) in [4.78, 5) is 10.4. The van der Waals surface area contributed by atoms with Crippen LogP contribution in [0.25, 0.3) is 0 Å². The van der Waals surface area contributed by atoms with Crippen molar-refractivity contribution in [3.8, 4) is 0 Å². The molecule has 1 aromatic rings. The van der Waals surface area contributed by atoms with Gasteiger partial charge in [-0.2, -0.15) is 4.31 Å². The summed E-state index contributed by atoms with van der Waals surface area (Å²) in [7, 11) is -4.19. The SMILES string of the molecule is O=C(O)C1CCCN1S(=O)(=O)c1cccc(Cl)c1F. The molecule has 1 aromatic carbocycles. The van der Waals surface area contributed by atoms with Crippen molar-refractivity contribution >= 4 is 27.6 Å². The van der Waals surface area contributed by atoms with Gasteiger partial charge in [-0.1, -0.05) is 17.7 Å². The lowest BCUT2D eigenvalue weighted by Gasteiger charge is -2.21. The van der Waals surface area contributed by atoms with Crippen LogP contribution in [-0.4, -0.2) is 36.4 Å². The third kappa shape index (κ3) is 2.45. The Balaban J connectivity index is 2.48. The number of rotatable bonds is 3. The number of benzene rings is 1. The van der Waals surface area contributed by atoms with Gasteiger partial charge in [0, 0.05) is 6.54 Å². The molecule has 0 amide bonds. The number of aliphatic carboxylic acids is 1. The van der Waals surface area contributed by atoms with E-state index in [1.54, 1.807) is 0 Å². The largest absolute Gasteiger partial charge is 0.480 e. The number of sulfonamides is 1. The monoisotopic (exact) mass is 307 g/mol. The number of carbonyl (C=O) groups is 1. The summed E-state index contributed by atoms with van der Waals surface area (Å²) in [6, 6.07) is 2.47. The van der Waals surface area contributed by atoms with Gasteiger partial charge in [-0.15, -0.1) is 0 Å². The molecule has 0 aromatic heterocycles. The first-order valence-electron chi connectivity index (χ1n) is 5.54. The molecule has 0 spiro atoms. The fourth-order valence-corrected chi connectivity index (χ4v) is 4.05. The average molecular weight is 308 g/mol. The van der Waals surface area contributed by atoms with Gasteiger partial charge >= 0.3 is 5.97 Å². The van der Waals surface area contributed by atoms with Crippen molar-refractivity contribution in [2.75, 3.05) is 6.54 Å². The van der Waals surface area contributed by atoms with Gasteiger partial charge in [0.05, 0.1) is 5.02 Å². The number of halogens is 2. The van der Waals surface area contributed by atoms with Gasteiger partial charge in [-0.05, 0) is 25.0 Å². The first-order valence-corrected chi connectivity index (χ1v) is 7.36.